The van der Waals surface area contributed by atoms with Gasteiger partial charge in [-0.2, -0.15) is 0 Å². The first-order valence-corrected chi connectivity index (χ1v) is 5.02. The molecule has 1 aliphatic carbocycles. The average Bonchev–Trinajstić information content (AvgIpc) is 3.03. The van der Waals surface area contributed by atoms with E-state index in [1.165, 1.54) is 12.1 Å². The standard InChI is InChI=1S/C11H14FNO2.ClH/c12-8-3-1-2-7(11(8)15)9(13)10(14)6-4-5-6;/h1-3,6,9-10,14-15H,4-5,13H2;1H/t9-,10+;/m1./s1. The van der Waals surface area contributed by atoms with Gasteiger partial charge in [-0.3, -0.25) is 0 Å². The van der Waals surface area contributed by atoms with Crippen LogP contribution in [0, 0.1) is 11.7 Å². The van der Waals surface area contributed by atoms with E-state index >= 15 is 0 Å². The minimum absolute atomic E-state index is 0. The monoisotopic (exact) mass is 247 g/mol. The number of benzene rings is 1. The van der Waals surface area contributed by atoms with Gasteiger partial charge in [-0.05, 0) is 24.8 Å². The van der Waals surface area contributed by atoms with Gasteiger partial charge >= 0.3 is 0 Å². The van der Waals surface area contributed by atoms with Gasteiger partial charge in [0.05, 0.1) is 12.1 Å². The van der Waals surface area contributed by atoms with Crippen LogP contribution < -0.4 is 5.73 Å². The molecule has 16 heavy (non-hydrogen) atoms. The Morgan fingerprint density at radius 3 is 2.56 bits per heavy atom. The largest absolute Gasteiger partial charge is 0.505 e. The first-order chi connectivity index (χ1) is 7.11. The van der Waals surface area contributed by atoms with Gasteiger partial charge in [-0.15, -0.1) is 12.4 Å². The van der Waals surface area contributed by atoms with Gasteiger partial charge in [-0.25, -0.2) is 4.39 Å². The van der Waals surface area contributed by atoms with Crippen LogP contribution in [-0.2, 0) is 0 Å². The number of phenols is 1. The Balaban J connectivity index is 0.00000128. The number of hydrogen-bond acceptors (Lipinski definition) is 3. The van der Waals surface area contributed by atoms with Gasteiger partial charge in [0, 0.05) is 5.56 Å². The zero-order valence-corrected chi connectivity index (χ0v) is 9.45. The van der Waals surface area contributed by atoms with Crippen molar-refractivity contribution in [3.63, 3.8) is 0 Å². The molecule has 3 nitrogen and oxygen atoms in total. The van der Waals surface area contributed by atoms with E-state index in [0.717, 1.165) is 18.9 Å². The van der Waals surface area contributed by atoms with Crippen molar-refractivity contribution >= 4 is 12.4 Å². The van der Waals surface area contributed by atoms with E-state index in [4.69, 9.17) is 5.73 Å². The van der Waals surface area contributed by atoms with Gasteiger partial charge < -0.3 is 15.9 Å². The molecule has 0 unspecified atom stereocenters. The summed E-state index contributed by atoms with van der Waals surface area (Å²) in [4.78, 5) is 0. The third-order valence-electron chi connectivity index (χ3n) is 2.85. The van der Waals surface area contributed by atoms with Crippen molar-refractivity contribution < 1.29 is 14.6 Å². The molecule has 1 aromatic rings. The topological polar surface area (TPSA) is 66.5 Å². The fraction of sp³-hybridized carbons (Fsp3) is 0.455. The van der Waals surface area contributed by atoms with Crippen molar-refractivity contribution in [3.8, 4) is 5.75 Å². The molecule has 0 radical (unpaired) electrons. The molecule has 0 saturated heterocycles. The molecule has 2 atom stereocenters. The summed E-state index contributed by atoms with van der Waals surface area (Å²) in [5.41, 5.74) is 6.05. The highest BCUT2D eigenvalue weighted by atomic mass is 35.5. The van der Waals surface area contributed by atoms with Crippen LogP contribution in [0.15, 0.2) is 18.2 Å². The smallest absolute Gasteiger partial charge is 0.165 e. The lowest BCUT2D eigenvalue weighted by molar-refractivity contribution is 0.121. The number of halogens is 2. The van der Waals surface area contributed by atoms with Gasteiger partial charge in [0.2, 0.25) is 0 Å². The Morgan fingerprint density at radius 1 is 1.38 bits per heavy atom. The normalized spacial score (nSPS) is 18.7. The lowest BCUT2D eigenvalue weighted by atomic mass is 9.98. The number of aliphatic hydroxyl groups excluding tert-OH is 1. The number of aliphatic hydroxyl groups is 1. The van der Waals surface area contributed by atoms with E-state index < -0.39 is 23.7 Å². The fourth-order valence-electron chi connectivity index (χ4n) is 1.72. The van der Waals surface area contributed by atoms with Crippen LogP contribution in [0.2, 0.25) is 0 Å². The summed E-state index contributed by atoms with van der Waals surface area (Å²) in [5.74, 6) is -0.960. The van der Waals surface area contributed by atoms with E-state index in [2.05, 4.69) is 0 Å². The van der Waals surface area contributed by atoms with E-state index in [-0.39, 0.29) is 23.9 Å². The molecule has 90 valence electrons. The van der Waals surface area contributed by atoms with Crippen molar-refractivity contribution in [1.82, 2.24) is 0 Å². The molecule has 2 rings (SSSR count). The minimum atomic E-state index is -0.715. The maximum absolute atomic E-state index is 13.0. The maximum atomic E-state index is 13.0. The van der Waals surface area contributed by atoms with Crippen LogP contribution in [0.25, 0.3) is 0 Å². The number of rotatable bonds is 3. The Morgan fingerprint density at radius 2 is 2.00 bits per heavy atom. The quantitative estimate of drug-likeness (QED) is 0.762. The maximum Gasteiger partial charge on any atom is 0.165 e. The highest BCUT2D eigenvalue weighted by molar-refractivity contribution is 5.85. The summed E-state index contributed by atoms with van der Waals surface area (Å²) in [7, 11) is 0. The predicted molar refractivity (Wildman–Crippen MR) is 61.0 cm³/mol. The Bertz CT molecular complexity index is 371. The predicted octanol–water partition coefficient (Wildman–Crippen LogP) is 1.72. The number of hydrogen-bond donors (Lipinski definition) is 3. The van der Waals surface area contributed by atoms with E-state index in [0.29, 0.717) is 0 Å². The molecule has 0 aliphatic heterocycles. The summed E-state index contributed by atoms with van der Waals surface area (Å²) < 4.78 is 13.0. The van der Waals surface area contributed by atoms with Crippen molar-refractivity contribution in [2.45, 2.75) is 25.0 Å². The molecule has 0 spiro atoms. The second kappa shape index (κ2) is 4.99. The third kappa shape index (κ3) is 2.45. The van der Waals surface area contributed by atoms with Gasteiger partial charge in [-0.1, -0.05) is 12.1 Å². The first-order valence-electron chi connectivity index (χ1n) is 5.02. The second-order valence-electron chi connectivity index (χ2n) is 4.03. The van der Waals surface area contributed by atoms with Gasteiger partial charge in [0.25, 0.3) is 0 Å². The molecule has 5 heteroatoms. The minimum Gasteiger partial charge on any atom is -0.505 e. The third-order valence-corrected chi connectivity index (χ3v) is 2.85. The first kappa shape index (κ1) is 13.2. The summed E-state index contributed by atoms with van der Waals surface area (Å²) in [6.07, 6.45) is 1.20. The summed E-state index contributed by atoms with van der Waals surface area (Å²) in [6, 6.07) is 3.46. The van der Waals surface area contributed by atoms with Crippen molar-refractivity contribution in [1.29, 1.82) is 0 Å². The number of aromatic hydroxyl groups is 1. The fourth-order valence-corrected chi connectivity index (χ4v) is 1.72. The van der Waals surface area contributed by atoms with Crippen LogP contribution >= 0.6 is 12.4 Å². The molecular formula is C11H15ClFNO2. The number of phenolic OH excluding ortho intramolecular Hbond substituents is 1. The average molecular weight is 248 g/mol. The Hall–Kier alpha value is -0.840. The van der Waals surface area contributed by atoms with Crippen molar-refractivity contribution in [2.75, 3.05) is 0 Å². The van der Waals surface area contributed by atoms with Gasteiger partial charge in [0.15, 0.2) is 11.6 Å². The van der Waals surface area contributed by atoms with E-state index in [1.54, 1.807) is 0 Å². The van der Waals surface area contributed by atoms with Crippen LogP contribution in [0.3, 0.4) is 0 Å². The number of para-hydroxylation sites is 1. The molecule has 0 bridgehead atoms. The molecule has 1 aromatic carbocycles. The van der Waals surface area contributed by atoms with Crippen LogP contribution in [-0.4, -0.2) is 16.3 Å². The van der Waals surface area contributed by atoms with Crippen LogP contribution in [0.1, 0.15) is 24.4 Å². The highest BCUT2D eigenvalue weighted by Crippen LogP contribution is 2.39. The summed E-state index contributed by atoms with van der Waals surface area (Å²) >= 11 is 0. The Kier molecular flexibility index (Phi) is 4.13. The molecule has 1 fully saturated rings. The molecule has 4 N–H and O–H groups in total. The molecule has 1 saturated carbocycles. The number of nitrogens with two attached hydrogens (primary N) is 1. The Labute approximate surface area is 99.5 Å². The molecule has 0 amide bonds. The zero-order chi connectivity index (χ0) is 11.0. The lowest BCUT2D eigenvalue weighted by Gasteiger charge is -2.19. The van der Waals surface area contributed by atoms with Crippen LogP contribution in [0.5, 0.6) is 5.75 Å². The molecule has 0 heterocycles. The summed E-state index contributed by atoms with van der Waals surface area (Å²) in [6.45, 7) is 0. The van der Waals surface area contributed by atoms with E-state index in [9.17, 15) is 14.6 Å². The summed E-state index contributed by atoms with van der Waals surface area (Å²) in [5, 5.41) is 19.2. The van der Waals surface area contributed by atoms with Crippen LogP contribution in [0.4, 0.5) is 4.39 Å². The molecule has 0 aromatic heterocycles. The second-order valence-corrected chi connectivity index (χ2v) is 4.03. The lowest BCUT2D eigenvalue weighted by Crippen LogP contribution is -2.28. The zero-order valence-electron chi connectivity index (χ0n) is 8.64. The highest BCUT2D eigenvalue weighted by Gasteiger charge is 2.35. The molecule has 1 aliphatic rings. The molecular weight excluding hydrogens is 233 g/mol. The van der Waals surface area contributed by atoms with Crippen molar-refractivity contribution in [3.05, 3.63) is 29.6 Å². The van der Waals surface area contributed by atoms with Gasteiger partial charge in [0.1, 0.15) is 0 Å². The SMILES string of the molecule is Cl.N[C@H](c1cccc(F)c1O)[C@@H](O)C1CC1. The van der Waals surface area contributed by atoms with Crippen molar-refractivity contribution in [2.24, 2.45) is 11.7 Å². The van der Waals surface area contributed by atoms with E-state index in [1.807, 2.05) is 0 Å².